The number of para-hydroxylation sites is 1. The fourth-order valence-corrected chi connectivity index (χ4v) is 2.07. The van der Waals surface area contributed by atoms with Gasteiger partial charge in [0.25, 0.3) is 0 Å². The molecule has 0 spiro atoms. The number of benzene rings is 1. The first kappa shape index (κ1) is 14.5. The maximum Gasteiger partial charge on any atom is 0.304 e. The van der Waals surface area contributed by atoms with Crippen LogP contribution in [0.5, 0.6) is 5.75 Å². The number of methoxy groups -OCH3 is 1. The summed E-state index contributed by atoms with van der Waals surface area (Å²) < 4.78 is 5.32. The van der Waals surface area contributed by atoms with Crippen LogP contribution in [0.4, 0.5) is 0 Å². The van der Waals surface area contributed by atoms with E-state index in [0.717, 1.165) is 5.56 Å². The van der Waals surface area contributed by atoms with E-state index in [1.54, 1.807) is 7.11 Å². The summed E-state index contributed by atoms with van der Waals surface area (Å²) in [6.45, 7) is 5.53. The molecule has 1 aromatic rings. The molecule has 0 saturated carbocycles. The van der Waals surface area contributed by atoms with Gasteiger partial charge in [-0.25, -0.2) is 0 Å². The standard InChI is InChI=1S/C14H21NO3/c1-13(2,15)14(3,9-12(16)17)10-7-5-6-8-11(10)18-4/h5-8H,9,15H2,1-4H3,(H,16,17). The van der Waals surface area contributed by atoms with E-state index in [4.69, 9.17) is 15.6 Å². The quantitative estimate of drug-likeness (QED) is 0.841. The predicted octanol–water partition coefficient (Wildman–Crippen LogP) is 2.16. The van der Waals surface area contributed by atoms with E-state index < -0.39 is 16.9 Å². The van der Waals surface area contributed by atoms with Crippen LogP contribution < -0.4 is 10.5 Å². The Hall–Kier alpha value is -1.55. The first-order chi connectivity index (χ1) is 8.22. The van der Waals surface area contributed by atoms with Crippen molar-refractivity contribution in [3.05, 3.63) is 29.8 Å². The third kappa shape index (κ3) is 2.64. The van der Waals surface area contributed by atoms with Crippen LogP contribution in [-0.2, 0) is 10.2 Å². The average Bonchev–Trinajstić information content (AvgIpc) is 2.26. The van der Waals surface area contributed by atoms with Gasteiger partial charge in [-0.2, -0.15) is 0 Å². The molecular formula is C14H21NO3. The zero-order valence-electron chi connectivity index (χ0n) is 11.4. The highest BCUT2D eigenvalue weighted by molar-refractivity contribution is 5.70. The number of hydrogen-bond donors (Lipinski definition) is 2. The molecule has 1 rings (SSSR count). The Labute approximate surface area is 108 Å². The van der Waals surface area contributed by atoms with Gasteiger partial charge in [-0.05, 0) is 19.9 Å². The number of aliphatic carboxylic acids is 1. The monoisotopic (exact) mass is 251 g/mol. The maximum atomic E-state index is 11.1. The lowest BCUT2D eigenvalue weighted by Crippen LogP contribution is -2.53. The number of rotatable bonds is 5. The van der Waals surface area contributed by atoms with E-state index in [2.05, 4.69) is 0 Å². The van der Waals surface area contributed by atoms with Crippen LogP contribution in [0.2, 0.25) is 0 Å². The summed E-state index contributed by atoms with van der Waals surface area (Å²) in [5.74, 6) is -0.207. The smallest absolute Gasteiger partial charge is 0.304 e. The molecule has 4 heteroatoms. The Kier molecular flexibility index (Phi) is 4.02. The molecule has 0 aliphatic carbocycles. The molecule has 0 bridgehead atoms. The highest BCUT2D eigenvalue weighted by Crippen LogP contribution is 2.41. The normalized spacial score (nSPS) is 14.9. The lowest BCUT2D eigenvalue weighted by Gasteiger charge is -2.41. The van der Waals surface area contributed by atoms with Gasteiger partial charge in [0, 0.05) is 16.5 Å². The summed E-state index contributed by atoms with van der Waals surface area (Å²) >= 11 is 0. The molecular weight excluding hydrogens is 230 g/mol. The number of carboxylic acids is 1. The maximum absolute atomic E-state index is 11.1. The first-order valence-corrected chi connectivity index (χ1v) is 5.86. The Balaban J connectivity index is 3.39. The van der Waals surface area contributed by atoms with Gasteiger partial charge in [0.2, 0.25) is 0 Å². The van der Waals surface area contributed by atoms with E-state index >= 15 is 0 Å². The van der Waals surface area contributed by atoms with Crippen LogP contribution in [0, 0.1) is 0 Å². The predicted molar refractivity (Wildman–Crippen MR) is 70.9 cm³/mol. The van der Waals surface area contributed by atoms with Crippen molar-refractivity contribution in [2.75, 3.05) is 7.11 Å². The largest absolute Gasteiger partial charge is 0.496 e. The van der Waals surface area contributed by atoms with Crippen LogP contribution in [0.15, 0.2) is 24.3 Å². The van der Waals surface area contributed by atoms with E-state index in [0.29, 0.717) is 5.75 Å². The molecule has 1 aromatic carbocycles. The van der Waals surface area contributed by atoms with E-state index in [1.807, 2.05) is 45.0 Å². The topological polar surface area (TPSA) is 72.5 Å². The second kappa shape index (κ2) is 4.98. The summed E-state index contributed by atoms with van der Waals surface area (Å²) in [7, 11) is 1.57. The summed E-state index contributed by atoms with van der Waals surface area (Å²) in [5.41, 5.74) is 5.64. The number of ether oxygens (including phenoxy) is 1. The molecule has 3 N–H and O–H groups in total. The van der Waals surface area contributed by atoms with Crippen molar-refractivity contribution in [3.63, 3.8) is 0 Å². The van der Waals surface area contributed by atoms with Gasteiger partial charge in [0.15, 0.2) is 0 Å². The molecule has 0 aromatic heterocycles. The minimum absolute atomic E-state index is 0.0448. The minimum Gasteiger partial charge on any atom is -0.496 e. The van der Waals surface area contributed by atoms with Gasteiger partial charge in [0.05, 0.1) is 13.5 Å². The molecule has 4 nitrogen and oxygen atoms in total. The van der Waals surface area contributed by atoms with Gasteiger partial charge in [-0.1, -0.05) is 25.1 Å². The second-order valence-corrected chi connectivity index (χ2v) is 5.32. The number of hydrogen-bond acceptors (Lipinski definition) is 3. The van der Waals surface area contributed by atoms with Gasteiger partial charge in [-0.15, -0.1) is 0 Å². The fourth-order valence-electron chi connectivity index (χ4n) is 2.07. The Morgan fingerprint density at radius 3 is 2.33 bits per heavy atom. The summed E-state index contributed by atoms with van der Waals surface area (Å²) in [5, 5.41) is 9.14. The molecule has 0 aliphatic heterocycles. The Morgan fingerprint density at radius 2 is 1.89 bits per heavy atom. The van der Waals surface area contributed by atoms with Crippen molar-refractivity contribution in [2.24, 2.45) is 5.73 Å². The van der Waals surface area contributed by atoms with Gasteiger partial charge in [0.1, 0.15) is 5.75 Å². The Bertz CT molecular complexity index is 437. The summed E-state index contributed by atoms with van der Waals surface area (Å²) in [6.07, 6.45) is -0.0448. The van der Waals surface area contributed by atoms with Crippen LogP contribution >= 0.6 is 0 Å². The lowest BCUT2D eigenvalue weighted by atomic mass is 9.66. The van der Waals surface area contributed by atoms with Crippen molar-refractivity contribution in [3.8, 4) is 5.75 Å². The van der Waals surface area contributed by atoms with Gasteiger partial charge in [-0.3, -0.25) is 4.79 Å². The molecule has 0 fully saturated rings. The number of nitrogens with two attached hydrogens (primary N) is 1. The third-order valence-electron chi connectivity index (χ3n) is 3.63. The molecule has 0 saturated heterocycles. The summed E-state index contributed by atoms with van der Waals surface area (Å²) in [6, 6.07) is 7.41. The van der Waals surface area contributed by atoms with Crippen molar-refractivity contribution in [2.45, 2.75) is 38.1 Å². The second-order valence-electron chi connectivity index (χ2n) is 5.32. The molecule has 0 radical (unpaired) electrons. The zero-order valence-corrected chi connectivity index (χ0v) is 11.4. The van der Waals surface area contributed by atoms with Crippen LogP contribution in [0.1, 0.15) is 32.8 Å². The molecule has 0 aliphatic rings. The van der Waals surface area contributed by atoms with Gasteiger partial charge < -0.3 is 15.6 Å². The SMILES string of the molecule is COc1ccccc1C(C)(CC(=O)O)C(C)(C)N. The molecule has 0 amide bonds. The fraction of sp³-hybridized carbons (Fsp3) is 0.500. The first-order valence-electron chi connectivity index (χ1n) is 5.86. The average molecular weight is 251 g/mol. The molecule has 1 unspecified atom stereocenters. The minimum atomic E-state index is -0.873. The zero-order chi connectivity index (χ0) is 14.0. The molecule has 100 valence electrons. The number of carboxylic acid groups (broad SMARTS) is 1. The van der Waals surface area contributed by atoms with Crippen LogP contribution in [-0.4, -0.2) is 23.7 Å². The van der Waals surface area contributed by atoms with E-state index in [-0.39, 0.29) is 6.42 Å². The highest BCUT2D eigenvalue weighted by Gasteiger charge is 2.43. The van der Waals surface area contributed by atoms with Crippen molar-refractivity contribution in [1.82, 2.24) is 0 Å². The highest BCUT2D eigenvalue weighted by atomic mass is 16.5. The van der Waals surface area contributed by atoms with Crippen LogP contribution in [0.25, 0.3) is 0 Å². The van der Waals surface area contributed by atoms with Crippen molar-refractivity contribution in [1.29, 1.82) is 0 Å². The summed E-state index contributed by atoms with van der Waals surface area (Å²) in [4.78, 5) is 11.1. The molecule has 18 heavy (non-hydrogen) atoms. The number of carbonyl (C=O) groups is 1. The van der Waals surface area contributed by atoms with E-state index in [1.165, 1.54) is 0 Å². The van der Waals surface area contributed by atoms with Crippen LogP contribution in [0.3, 0.4) is 0 Å². The molecule has 0 heterocycles. The van der Waals surface area contributed by atoms with Crippen molar-refractivity contribution < 1.29 is 14.6 Å². The van der Waals surface area contributed by atoms with Gasteiger partial charge >= 0.3 is 5.97 Å². The van der Waals surface area contributed by atoms with E-state index in [9.17, 15) is 4.79 Å². The Morgan fingerprint density at radius 1 is 1.33 bits per heavy atom. The third-order valence-corrected chi connectivity index (χ3v) is 3.63. The lowest BCUT2D eigenvalue weighted by molar-refractivity contribution is -0.139. The van der Waals surface area contributed by atoms with Crippen molar-refractivity contribution >= 4 is 5.97 Å². The molecule has 1 atom stereocenters.